The van der Waals surface area contributed by atoms with E-state index in [-0.39, 0.29) is 23.9 Å². The molecule has 1 aliphatic rings. The number of hydrogen-bond donors (Lipinski definition) is 2. The second kappa shape index (κ2) is 6.92. The van der Waals surface area contributed by atoms with Gasteiger partial charge >= 0.3 is 0 Å². The van der Waals surface area contributed by atoms with E-state index in [0.29, 0.717) is 22.2 Å². The third kappa shape index (κ3) is 3.10. The summed E-state index contributed by atoms with van der Waals surface area (Å²) >= 11 is 5.85. The van der Waals surface area contributed by atoms with Crippen LogP contribution in [-0.4, -0.2) is 27.8 Å². The number of benzene rings is 1. The van der Waals surface area contributed by atoms with E-state index in [1.54, 1.807) is 17.0 Å². The minimum atomic E-state index is -0.573. The Kier molecular flexibility index (Phi) is 4.82. The van der Waals surface area contributed by atoms with Crippen molar-refractivity contribution in [2.24, 2.45) is 11.7 Å². The van der Waals surface area contributed by atoms with E-state index < -0.39 is 5.91 Å². The zero-order chi connectivity index (χ0) is 19.0. The predicted octanol–water partition coefficient (Wildman–Crippen LogP) is 2.77. The summed E-state index contributed by atoms with van der Waals surface area (Å²) in [5.41, 5.74) is 7.23. The molecular formula is C18H20ClN5O2. The molecule has 3 N–H and O–H groups in total. The molecule has 0 radical (unpaired) electrons. The second-order valence-corrected chi connectivity index (χ2v) is 6.88. The first-order valence-corrected chi connectivity index (χ1v) is 8.65. The number of hydrogen-bond acceptors (Lipinski definition) is 5. The summed E-state index contributed by atoms with van der Waals surface area (Å²) in [6.07, 6.45) is 3.02. The van der Waals surface area contributed by atoms with Crippen LogP contribution in [0.15, 0.2) is 30.6 Å². The second-order valence-electron chi connectivity index (χ2n) is 6.44. The highest BCUT2D eigenvalue weighted by Gasteiger charge is 2.40. The van der Waals surface area contributed by atoms with Gasteiger partial charge in [-0.3, -0.25) is 9.59 Å². The number of amides is 2. The lowest BCUT2D eigenvalue weighted by molar-refractivity contribution is -0.117. The summed E-state index contributed by atoms with van der Waals surface area (Å²) in [4.78, 5) is 34.3. The van der Waals surface area contributed by atoms with Crippen molar-refractivity contribution in [2.45, 2.75) is 32.9 Å². The van der Waals surface area contributed by atoms with Crippen LogP contribution in [0.2, 0.25) is 5.02 Å². The first kappa shape index (κ1) is 18.1. The highest BCUT2D eigenvalue weighted by Crippen LogP contribution is 2.43. The van der Waals surface area contributed by atoms with Crippen LogP contribution in [0.1, 0.15) is 42.7 Å². The summed E-state index contributed by atoms with van der Waals surface area (Å²) < 4.78 is 0. The van der Waals surface area contributed by atoms with Crippen LogP contribution >= 0.6 is 11.6 Å². The number of carbonyl (C=O) groups is 2. The molecule has 0 saturated heterocycles. The van der Waals surface area contributed by atoms with Gasteiger partial charge in [0.2, 0.25) is 11.9 Å². The maximum atomic E-state index is 12.3. The summed E-state index contributed by atoms with van der Waals surface area (Å²) in [7, 11) is 0. The largest absolute Gasteiger partial charge is 0.366 e. The first-order chi connectivity index (χ1) is 12.3. The van der Waals surface area contributed by atoms with Gasteiger partial charge in [-0.05, 0) is 18.6 Å². The van der Waals surface area contributed by atoms with E-state index in [2.05, 4.69) is 15.3 Å². The number of nitrogens with two attached hydrogens (primary N) is 1. The third-order valence-corrected chi connectivity index (χ3v) is 5.04. The number of carbonyl (C=O) groups excluding carboxylic acids is 2. The van der Waals surface area contributed by atoms with Crippen molar-refractivity contribution in [1.29, 1.82) is 0 Å². The van der Waals surface area contributed by atoms with E-state index in [4.69, 9.17) is 17.3 Å². The number of fused-ring (bicyclic) bond motifs is 1. The molecule has 1 aliphatic heterocycles. The number of rotatable bonds is 3. The Morgan fingerprint density at radius 2 is 1.88 bits per heavy atom. The number of aromatic nitrogens is 2. The lowest BCUT2D eigenvalue weighted by atomic mass is 9.81. The van der Waals surface area contributed by atoms with Crippen molar-refractivity contribution in [2.75, 3.05) is 10.2 Å². The predicted molar refractivity (Wildman–Crippen MR) is 100 cm³/mol. The van der Waals surface area contributed by atoms with Gasteiger partial charge in [-0.15, -0.1) is 0 Å². The molecule has 7 nitrogen and oxygen atoms in total. The Labute approximate surface area is 156 Å². The van der Waals surface area contributed by atoms with Gasteiger partial charge in [0.1, 0.15) is 0 Å². The van der Waals surface area contributed by atoms with Crippen LogP contribution in [0.4, 0.5) is 11.6 Å². The molecule has 0 bridgehead atoms. The Morgan fingerprint density at radius 3 is 2.46 bits per heavy atom. The van der Waals surface area contributed by atoms with Crippen molar-refractivity contribution in [1.82, 2.24) is 9.97 Å². The molecule has 1 aromatic carbocycles. The molecule has 2 heterocycles. The van der Waals surface area contributed by atoms with E-state index in [1.165, 1.54) is 19.3 Å². The number of nitrogens with one attached hydrogen (secondary N) is 1. The normalized spacial score (nSPS) is 21.8. The van der Waals surface area contributed by atoms with E-state index in [0.717, 1.165) is 5.56 Å². The van der Waals surface area contributed by atoms with E-state index in [9.17, 15) is 9.59 Å². The van der Waals surface area contributed by atoms with Gasteiger partial charge in [0, 0.05) is 18.9 Å². The molecular weight excluding hydrogens is 354 g/mol. The number of halogens is 1. The molecule has 0 aliphatic carbocycles. The standard InChI is InChI=1S/C18H20ClN5O2/c1-9-10(2)24(11(3)25)16-13(5-4-6-14(16)17(20)26)15(9)23-18-21-7-12(19)8-22-18/h4-10,15H,1-3H3,(H2,20,26)(H,21,22,23). The molecule has 3 unspecified atom stereocenters. The van der Waals surface area contributed by atoms with Crippen LogP contribution in [0.25, 0.3) is 0 Å². The monoisotopic (exact) mass is 373 g/mol. The van der Waals surface area contributed by atoms with Crippen molar-refractivity contribution in [3.8, 4) is 0 Å². The zero-order valence-electron chi connectivity index (χ0n) is 14.7. The molecule has 2 amide bonds. The van der Waals surface area contributed by atoms with Gasteiger partial charge in [-0.25, -0.2) is 9.97 Å². The van der Waals surface area contributed by atoms with Crippen LogP contribution in [0, 0.1) is 5.92 Å². The molecule has 3 atom stereocenters. The van der Waals surface area contributed by atoms with Gasteiger partial charge in [-0.1, -0.05) is 30.7 Å². The lowest BCUT2D eigenvalue weighted by Crippen LogP contribution is -2.49. The molecule has 1 aromatic heterocycles. The van der Waals surface area contributed by atoms with Crippen molar-refractivity contribution in [3.63, 3.8) is 0 Å². The maximum Gasteiger partial charge on any atom is 0.250 e. The van der Waals surface area contributed by atoms with Crippen LogP contribution < -0.4 is 16.0 Å². The molecule has 8 heteroatoms. The number of primary amides is 1. The van der Waals surface area contributed by atoms with Crippen molar-refractivity contribution < 1.29 is 9.59 Å². The Morgan fingerprint density at radius 1 is 1.23 bits per heavy atom. The maximum absolute atomic E-state index is 12.3. The van der Waals surface area contributed by atoms with E-state index in [1.807, 2.05) is 19.9 Å². The molecule has 2 aromatic rings. The molecule has 136 valence electrons. The quantitative estimate of drug-likeness (QED) is 0.861. The van der Waals surface area contributed by atoms with Crippen LogP contribution in [0.5, 0.6) is 0 Å². The van der Waals surface area contributed by atoms with Crippen molar-refractivity contribution in [3.05, 3.63) is 46.7 Å². The van der Waals surface area contributed by atoms with Crippen molar-refractivity contribution >= 4 is 35.1 Å². The number of anilines is 2. The average molecular weight is 374 g/mol. The summed E-state index contributed by atoms with van der Waals surface area (Å²) in [6, 6.07) is 4.93. The minimum Gasteiger partial charge on any atom is -0.366 e. The average Bonchev–Trinajstić information content (AvgIpc) is 2.59. The van der Waals surface area contributed by atoms with Gasteiger partial charge < -0.3 is 16.0 Å². The Hall–Kier alpha value is -2.67. The summed E-state index contributed by atoms with van der Waals surface area (Å²) in [6.45, 7) is 5.47. The first-order valence-electron chi connectivity index (χ1n) is 8.28. The summed E-state index contributed by atoms with van der Waals surface area (Å²) in [5, 5.41) is 3.74. The van der Waals surface area contributed by atoms with Crippen LogP contribution in [0.3, 0.4) is 0 Å². The summed E-state index contributed by atoms with van der Waals surface area (Å²) in [5.74, 6) is -0.254. The fraction of sp³-hybridized carbons (Fsp3) is 0.333. The lowest BCUT2D eigenvalue weighted by Gasteiger charge is -2.44. The Balaban J connectivity index is 2.13. The third-order valence-electron chi connectivity index (χ3n) is 4.85. The number of nitrogens with zero attached hydrogens (tertiary/aromatic N) is 3. The molecule has 0 spiro atoms. The van der Waals surface area contributed by atoms with Crippen LogP contribution in [-0.2, 0) is 4.79 Å². The Bertz CT molecular complexity index is 855. The zero-order valence-corrected chi connectivity index (χ0v) is 15.5. The van der Waals surface area contributed by atoms with Gasteiger partial charge in [0.05, 0.1) is 34.7 Å². The smallest absolute Gasteiger partial charge is 0.250 e. The van der Waals surface area contributed by atoms with E-state index >= 15 is 0 Å². The SMILES string of the molecule is CC(=O)N1c2c(C(N)=O)cccc2C(Nc2ncc(Cl)cn2)C(C)C1C. The van der Waals surface area contributed by atoms with Gasteiger partial charge in [-0.2, -0.15) is 0 Å². The number of para-hydroxylation sites is 1. The molecule has 3 rings (SSSR count). The molecule has 26 heavy (non-hydrogen) atoms. The minimum absolute atomic E-state index is 0.0359. The molecule has 0 fully saturated rings. The fourth-order valence-corrected chi connectivity index (χ4v) is 3.56. The highest BCUT2D eigenvalue weighted by atomic mass is 35.5. The highest BCUT2D eigenvalue weighted by molar-refractivity contribution is 6.30. The van der Waals surface area contributed by atoms with Gasteiger partial charge in [0.25, 0.3) is 5.91 Å². The fourth-order valence-electron chi connectivity index (χ4n) is 3.46. The topological polar surface area (TPSA) is 101 Å². The molecule has 0 saturated carbocycles. The van der Waals surface area contributed by atoms with Gasteiger partial charge in [0.15, 0.2) is 0 Å².